The summed E-state index contributed by atoms with van der Waals surface area (Å²) < 4.78 is 74.4. The number of benzene rings is 1. The number of nitrogens with zero attached hydrogens (tertiary/aromatic N) is 3. The normalized spacial score (nSPS) is 15.1. The summed E-state index contributed by atoms with van der Waals surface area (Å²) in [5, 5.41) is 6.89. The van der Waals surface area contributed by atoms with Gasteiger partial charge in [-0.15, -0.1) is 11.3 Å². The van der Waals surface area contributed by atoms with Gasteiger partial charge in [-0.2, -0.15) is 18.3 Å². The smallest absolute Gasteiger partial charge is 0.384 e. The van der Waals surface area contributed by atoms with E-state index in [0.29, 0.717) is 0 Å². The predicted octanol–water partition coefficient (Wildman–Crippen LogP) is 2.21. The molecular formula is C22H24F3N5O5S2. The topological polar surface area (TPSA) is 132 Å². The van der Waals surface area contributed by atoms with Gasteiger partial charge in [0.05, 0.1) is 40.4 Å². The second-order valence-electron chi connectivity index (χ2n) is 8.55. The average Bonchev–Trinajstić information content (AvgIpc) is 3.37. The third kappa shape index (κ3) is 6.10. The highest BCUT2D eigenvalue weighted by Crippen LogP contribution is 2.41. The molecule has 1 fully saturated rings. The summed E-state index contributed by atoms with van der Waals surface area (Å²) in [5.41, 5.74) is -1.03. The molecule has 0 spiro atoms. The predicted molar refractivity (Wildman–Crippen MR) is 129 cm³/mol. The quantitative estimate of drug-likeness (QED) is 0.389. The minimum Gasteiger partial charge on any atom is -0.384 e. The van der Waals surface area contributed by atoms with Gasteiger partial charge in [-0.25, -0.2) is 13.4 Å². The monoisotopic (exact) mass is 559 g/mol. The minimum atomic E-state index is -4.73. The molecule has 2 heterocycles. The van der Waals surface area contributed by atoms with E-state index < -0.39 is 50.9 Å². The fraction of sp³-hybridized carbons (Fsp3) is 0.455. The molecule has 0 aliphatic heterocycles. The lowest BCUT2D eigenvalue weighted by Crippen LogP contribution is -2.42. The van der Waals surface area contributed by atoms with Crippen molar-refractivity contribution in [3.05, 3.63) is 35.0 Å². The minimum absolute atomic E-state index is 0.0475. The number of aromatic nitrogens is 3. The molecule has 15 heteroatoms. The Morgan fingerprint density at radius 2 is 2.03 bits per heavy atom. The number of halogens is 3. The van der Waals surface area contributed by atoms with E-state index in [1.165, 1.54) is 37.2 Å². The molecule has 2 amide bonds. The third-order valence-electron chi connectivity index (χ3n) is 5.71. The highest BCUT2D eigenvalue weighted by molar-refractivity contribution is 7.92. The van der Waals surface area contributed by atoms with Crippen LogP contribution in [0.4, 0.5) is 13.2 Å². The number of alkyl halides is 3. The molecule has 2 aromatic heterocycles. The SMILES string of the molecule is COCCS(=O)(=O)C(C(=O)NCC(=O)NC1CC1)c1nc2cc(C(F)(F)F)c(-c3ccnn3C)cc2s1. The van der Waals surface area contributed by atoms with E-state index in [2.05, 4.69) is 20.7 Å². The van der Waals surface area contributed by atoms with Crippen molar-refractivity contribution in [1.29, 1.82) is 0 Å². The Bertz CT molecular complexity index is 1430. The molecule has 200 valence electrons. The summed E-state index contributed by atoms with van der Waals surface area (Å²) in [7, 11) is -1.40. The van der Waals surface area contributed by atoms with Crippen LogP contribution in [0.3, 0.4) is 0 Å². The zero-order valence-electron chi connectivity index (χ0n) is 19.8. The summed E-state index contributed by atoms with van der Waals surface area (Å²) in [4.78, 5) is 29.2. The number of nitrogens with one attached hydrogen (secondary N) is 2. The van der Waals surface area contributed by atoms with Crippen molar-refractivity contribution in [3.63, 3.8) is 0 Å². The third-order valence-corrected chi connectivity index (χ3v) is 8.83. The molecule has 1 unspecified atom stereocenters. The van der Waals surface area contributed by atoms with Crippen LogP contribution in [0.25, 0.3) is 21.5 Å². The number of aryl methyl sites for hydroxylation is 1. The lowest BCUT2D eigenvalue weighted by molar-refractivity contribution is -0.137. The van der Waals surface area contributed by atoms with E-state index in [0.717, 1.165) is 30.2 Å². The van der Waals surface area contributed by atoms with Crippen LogP contribution in [0.15, 0.2) is 24.4 Å². The van der Waals surface area contributed by atoms with Gasteiger partial charge < -0.3 is 15.4 Å². The number of thiazole rings is 1. The molecule has 2 N–H and O–H groups in total. The van der Waals surface area contributed by atoms with Crippen molar-refractivity contribution in [2.24, 2.45) is 7.05 Å². The molecule has 1 aliphatic rings. The summed E-state index contributed by atoms with van der Waals surface area (Å²) in [6.45, 7) is -0.651. The Kier molecular flexibility index (Phi) is 7.57. The van der Waals surface area contributed by atoms with Gasteiger partial charge in [-0.1, -0.05) is 0 Å². The highest BCUT2D eigenvalue weighted by atomic mass is 32.2. The van der Waals surface area contributed by atoms with Crippen molar-refractivity contribution in [2.75, 3.05) is 26.0 Å². The van der Waals surface area contributed by atoms with Crippen molar-refractivity contribution in [1.82, 2.24) is 25.4 Å². The van der Waals surface area contributed by atoms with E-state index in [1.807, 2.05) is 0 Å². The van der Waals surface area contributed by atoms with E-state index in [4.69, 9.17) is 4.74 Å². The molecule has 0 radical (unpaired) electrons. The highest BCUT2D eigenvalue weighted by Gasteiger charge is 2.39. The molecule has 37 heavy (non-hydrogen) atoms. The van der Waals surface area contributed by atoms with E-state index in [-0.39, 0.29) is 39.1 Å². The van der Waals surface area contributed by atoms with Gasteiger partial charge in [-0.05, 0) is 31.0 Å². The van der Waals surface area contributed by atoms with Crippen LogP contribution in [0.1, 0.15) is 28.7 Å². The number of ether oxygens (including phenoxy) is 1. The molecule has 4 rings (SSSR count). The molecule has 1 saturated carbocycles. The van der Waals surface area contributed by atoms with Gasteiger partial charge in [0.15, 0.2) is 15.1 Å². The molecule has 3 aromatic rings. The summed E-state index contributed by atoms with van der Waals surface area (Å²) >= 11 is 0.796. The van der Waals surface area contributed by atoms with Crippen LogP contribution in [-0.4, -0.2) is 67.1 Å². The lowest BCUT2D eigenvalue weighted by Gasteiger charge is -2.15. The maximum absolute atomic E-state index is 13.9. The van der Waals surface area contributed by atoms with Crippen LogP contribution in [0.2, 0.25) is 0 Å². The first-order valence-corrected chi connectivity index (χ1v) is 13.7. The van der Waals surface area contributed by atoms with Gasteiger partial charge >= 0.3 is 6.18 Å². The first-order chi connectivity index (χ1) is 17.4. The van der Waals surface area contributed by atoms with E-state index in [1.54, 1.807) is 0 Å². The number of carbonyl (C=O) groups excluding carboxylic acids is 2. The van der Waals surface area contributed by atoms with Crippen LogP contribution in [0.5, 0.6) is 0 Å². The van der Waals surface area contributed by atoms with Crippen molar-refractivity contribution >= 4 is 43.2 Å². The average molecular weight is 560 g/mol. The van der Waals surface area contributed by atoms with Gasteiger partial charge in [0, 0.05) is 32.0 Å². The van der Waals surface area contributed by atoms with Crippen LogP contribution in [0, 0.1) is 0 Å². The number of hydrogen-bond acceptors (Lipinski definition) is 8. The molecule has 1 aromatic carbocycles. The standard InChI is InChI=1S/C22H24F3N5O5S2/c1-30-16(5-6-27-30)13-9-17-15(10-14(13)22(23,24)25)29-21(36-17)19(37(33,34)8-7-35-2)20(32)26-11-18(31)28-12-3-4-12/h5-6,9-10,12,19H,3-4,7-8,11H2,1-2H3,(H,26,32)(H,28,31). The van der Waals surface area contributed by atoms with Crippen LogP contribution < -0.4 is 10.6 Å². The summed E-state index contributed by atoms with van der Waals surface area (Å²) in [5.74, 6) is -1.99. The second-order valence-corrected chi connectivity index (χ2v) is 11.8. The Morgan fingerprint density at radius 3 is 2.62 bits per heavy atom. The molecule has 1 atom stereocenters. The summed E-state index contributed by atoms with van der Waals surface area (Å²) in [6.07, 6.45) is -1.70. The van der Waals surface area contributed by atoms with Crippen molar-refractivity contribution < 1.29 is 35.9 Å². The fourth-order valence-electron chi connectivity index (χ4n) is 3.70. The zero-order valence-corrected chi connectivity index (χ0v) is 21.5. The first kappa shape index (κ1) is 27.0. The Balaban J connectivity index is 1.74. The van der Waals surface area contributed by atoms with Gasteiger partial charge in [0.2, 0.25) is 11.8 Å². The number of carbonyl (C=O) groups is 2. The molecule has 0 bridgehead atoms. The zero-order chi connectivity index (χ0) is 27.0. The molecule has 0 saturated heterocycles. The molecule has 1 aliphatic carbocycles. The largest absolute Gasteiger partial charge is 0.417 e. The second kappa shape index (κ2) is 10.4. The Morgan fingerprint density at radius 1 is 1.30 bits per heavy atom. The maximum Gasteiger partial charge on any atom is 0.417 e. The van der Waals surface area contributed by atoms with Crippen LogP contribution in [-0.2, 0) is 37.4 Å². The van der Waals surface area contributed by atoms with Gasteiger partial charge in [-0.3, -0.25) is 14.3 Å². The Hall–Kier alpha value is -3.04. The Labute approximate surface area is 214 Å². The number of methoxy groups -OCH3 is 1. The lowest BCUT2D eigenvalue weighted by atomic mass is 10.0. The number of rotatable bonds is 10. The first-order valence-electron chi connectivity index (χ1n) is 11.2. The van der Waals surface area contributed by atoms with E-state index >= 15 is 0 Å². The number of amides is 2. The van der Waals surface area contributed by atoms with Crippen molar-refractivity contribution in [2.45, 2.75) is 30.3 Å². The van der Waals surface area contributed by atoms with Crippen LogP contribution >= 0.6 is 11.3 Å². The molecular weight excluding hydrogens is 535 g/mol. The number of hydrogen-bond donors (Lipinski definition) is 2. The van der Waals surface area contributed by atoms with Crippen molar-refractivity contribution in [3.8, 4) is 11.3 Å². The number of sulfone groups is 1. The fourth-order valence-corrected chi connectivity index (χ4v) is 6.66. The van der Waals surface area contributed by atoms with Gasteiger partial charge in [0.25, 0.3) is 0 Å². The maximum atomic E-state index is 13.9. The summed E-state index contributed by atoms with van der Waals surface area (Å²) in [6, 6.07) is 3.57. The van der Waals surface area contributed by atoms with Gasteiger partial charge in [0.1, 0.15) is 5.01 Å². The number of fused-ring (bicyclic) bond motifs is 1. The van der Waals surface area contributed by atoms with E-state index in [9.17, 15) is 31.2 Å². The molecule has 10 nitrogen and oxygen atoms in total.